The molecule has 2 rings (SSSR count). The quantitative estimate of drug-likeness (QED) is 0.706. The first-order valence-electron chi connectivity index (χ1n) is 5.21. The highest BCUT2D eigenvalue weighted by atomic mass is 16.5. The van der Waals surface area contributed by atoms with Crippen molar-refractivity contribution < 1.29 is 4.74 Å². The summed E-state index contributed by atoms with van der Waals surface area (Å²) in [4.78, 5) is 4.40. The van der Waals surface area contributed by atoms with Crippen LogP contribution in [0.25, 0.3) is 10.9 Å². The van der Waals surface area contributed by atoms with E-state index < -0.39 is 0 Å². The zero-order valence-electron chi connectivity index (χ0n) is 9.74. The third-order valence-electron chi connectivity index (χ3n) is 2.04. The molecular weight excluding hydrogens is 186 g/mol. The van der Waals surface area contributed by atoms with Gasteiger partial charge in [-0.3, -0.25) is 4.98 Å². The van der Waals surface area contributed by atoms with Crippen molar-refractivity contribution in [1.29, 1.82) is 0 Å². The van der Waals surface area contributed by atoms with Crippen molar-refractivity contribution >= 4 is 10.9 Å². The number of nitrogens with zero attached hydrogens (tertiary/aromatic N) is 1. The topological polar surface area (TPSA) is 22.1 Å². The van der Waals surface area contributed by atoms with Crippen molar-refractivity contribution in [2.45, 2.75) is 20.8 Å². The van der Waals surface area contributed by atoms with E-state index in [1.807, 2.05) is 45.0 Å². The Bertz CT molecular complexity index is 437. The maximum atomic E-state index is 5.12. The van der Waals surface area contributed by atoms with Crippen LogP contribution in [0.15, 0.2) is 30.3 Å². The minimum absolute atomic E-state index is 0.873. The maximum absolute atomic E-state index is 5.12. The Kier molecular flexibility index (Phi) is 4.10. The third kappa shape index (κ3) is 2.69. The molecule has 0 fully saturated rings. The molecule has 0 aliphatic rings. The second kappa shape index (κ2) is 5.35. The van der Waals surface area contributed by atoms with Crippen LogP contribution >= 0.6 is 0 Å². The summed E-state index contributed by atoms with van der Waals surface area (Å²) in [5.41, 5.74) is 2.05. The second-order valence-electron chi connectivity index (χ2n) is 3.01. The first kappa shape index (κ1) is 11.5. The zero-order chi connectivity index (χ0) is 11.3. The van der Waals surface area contributed by atoms with E-state index >= 15 is 0 Å². The lowest BCUT2D eigenvalue weighted by Crippen LogP contribution is -1.85. The Morgan fingerprint density at radius 2 is 1.80 bits per heavy atom. The summed E-state index contributed by atoms with van der Waals surface area (Å²) in [5, 5.41) is 1.12. The Morgan fingerprint density at radius 1 is 1.07 bits per heavy atom. The van der Waals surface area contributed by atoms with Crippen LogP contribution in [0, 0.1) is 6.92 Å². The molecule has 0 saturated carbocycles. The number of pyridine rings is 1. The highest BCUT2D eigenvalue weighted by Crippen LogP contribution is 2.19. The van der Waals surface area contributed by atoms with Crippen molar-refractivity contribution in [2.75, 3.05) is 7.11 Å². The SMILES string of the molecule is CC.COc1ccc2nc(C)ccc2c1. The number of aryl methyl sites for hydroxylation is 1. The minimum Gasteiger partial charge on any atom is -0.497 e. The molecule has 2 heteroatoms. The van der Waals surface area contributed by atoms with Crippen molar-refractivity contribution in [3.8, 4) is 5.75 Å². The average molecular weight is 203 g/mol. The number of ether oxygens (including phenoxy) is 1. The summed E-state index contributed by atoms with van der Waals surface area (Å²) in [5.74, 6) is 0.873. The molecular formula is C13H17NO. The molecule has 0 aliphatic heterocycles. The third-order valence-corrected chi connectivity index (χ3v) is 2.04. The fraction of sp³-hybridized carbons (Fsp3) is 0.308. The lowest BCUT2D eigenvalue weighted by atomic mass is 10.2. The van der Waals surface area contributed by atoms with E-state index in [0.717, 1.165) is 22.3 Å². The first-order valence-corrected chi connectivity index (χ1v) is 5.21. The smallest absolute Gasteiger partial charge is 0.119 e. The molecule has 80 valence electrons. The molecule has 2 aromatic rings. The van der Waals surface area contributed by atoms with Crippen LogP contribution in [-0.4, -0.2) is 12.1 Å². The monoisotopic (exact) mass is 203 g/mol. The van der Waals surface area contributed by atoms with Gasteiger partial charge in [-0.15, -0.1) is 0 Å². The summed E-state index contributed by atoms with van der Waals surface area (Å²) in [6.07, 6.45) is 0. The van der Waals surface area contributed by atoms with Gasteiger partial charge < -0.3 is 4.74 Å². The van der Waals surface area contributed by atoms with Gasteiger partial charge in [0.05, 0.1) is 12.6 Å². The molecule has 0 amide bonds. The second-order valence-corrected chi connectivity index (χ2v) is 3.01. The van der Waals surface area contributed by atoms with Gasteiger partial charge in [0.2, 0.25) is 0 Å². The highest BCUT2D eigenvalue weighted by molar-refractivity contribution is 5.80. The Balaban J connectivity index is 0.000000531. The van der Waals surface area contributed by atoms with Gasteiger partial charge in [0, 0.05) is 11.1 Å². The predicted molar refractivity (Wildman–Crippen MR) is 64.4 cm³/mol. The summed E-state index contributed by atoms with van der Waals surface area (Å²) in [6.45, 7) is 5.99. The normalized spacial score (nSPS) is 9.33. The van der Waals surface area contributed by atoms with Crippen LogP contribution in [0.4, 0.5) is 0 Å². The van der Waals surface area contributed by atoms with E-state index in [1.54, 1.807) is 7.11 Å². The van der Waals surface area contributed by atoms with E-state index in [9.17, 15) is 0 Å². The molecule has 0 saturated heterocycles. The van der Waals surface area contributed by atoms with E-state index in [1.165, 1.54) is 0 Å². The van der Waals surface area contributed by atoms with Gasteiger partial charge >= 0.3 is 0 Å². The first-order chi connectivity index (χ1) is 7.29. The van der Waals surface area contributed by atoms with Crippen molar-refractivity contribution in [2.24, 2.45) is 0 Å². The molecule has 0 aliphatic carbocycles. The largest absolute Gasteiger partial charge is 0.497 e. The highest BCUT2D eigenvalue weighted by Gasteiger charge is 1.96. The molecule has 1 aromatic carbocycles. The molecule has 0 spiro atoms. The van der Waals surface area contributed by atoms with Gasteiger partial charge in [-0.05, 0) is 31.2 Å². The van der Waals surface area contributed by atoms with Crippen LogP contribution in [0.3, 0.4) is 0 Å². The van der Waals surface area contributed by atoms with Gasteiger partial charge in [-0.25, -0.2) is 0 Å². The summed E-state index contributed by atoms with van der Waals surface area (Å²) >= 11 is 0. The number of methoxy groups -OCH3 is 1. The van der Waals surface area contributed by atoms with E-state index in [-0.39, 0.29) is 0 Å². The number of benzene rings is 1. The Hall–Kier alpha value is -1.57. The van der Waals surface area contributed by atoms with Crippen LogP contribution in [0.1, 0.15) is 19.5 Å². The lowest BCUT2D eigenvalue weighted by molar-refractivity contribution is 0.415. The lowest BCUT2D eigenvalue weighted by Gasteiger charge is -2.02. The van der Waals surface area contributed by atoms with E-state index in [0.29, 0.717) is 0 Å². The number of rotatable bonds is 1. The van der Waals surface area contributed by atoms with Gasteiger partial charge in [0.25, 0.3) is 0 Å². The molecule has 15 heavy (non-hydrogen) atoms. The molecule has 0 atom stereocenters. The molecule has 1 aromatic heterocycles. The summed E-state index contributed by atoms with van der Waals surface area (Å²) in [7, 11) is 1.67. The Labute approximate surface area is 90.9 Å². The summed E-state index contributed by atoms with van der Waals surface area (Å²) in [6, 6.07) is 9.94. The van der Waals surface area contributed by atoms with E-state index in [4.69, 9.17) is 4.74 Å². The predicted octanol–water partition coefficient (Wildman–Crippen LogP) is 3.58. The van der Waals surface area contributed by atoms with Gasteiger partial charge in [0.15, 0.2) is 0 Å². The van der Waals surface area contributed by atoms with Crippen LogP contribution in [0.5, 0.6) is 5.75 Å². The summed E-state index contributed by atoms with van der Waals surface area (Å²) < 4.78 is 5.12. The van der Waals surface area contributed by atoms with Crippen LogP contribution in [0.2, 0.25) is 0 Å². The molecule has 0 unspecified atom stereocenters. The van der Waals surface area contributed by atoms with Crippen LogP contribution < -0.4 is 4.74 Å². The Morgan fingerprint density at radius 3 is 2.47 bits per heavy atom. The fourth-order valence-electron chi connectivity index (χ4n) is 1.33. The molecule has 0 N–H and O–H groups in total. The molecule has 0 bridgehead atoms. The number of hydrogen-bond acceptors (Lipinski definition) is 2. The van der Waals surface area contributed by atoms with Crippen LogP contribution in [-0.2, 0) is 0 Å². The number of fused-ring (bicyclic) bond motifs is 1. The molecule has 2 nitrogen and oxygen atoms in total. The average Bonchev–Trinajstić information content (AvgIpc) is 2.31. The van der Waals surface area contributed by atoms with E-state index in [2.05, 4.69) is 11.1 Å². The van der Waals surface area contributed by atoms with Gasteiger partial charge in [-0.1, -0.05) is 19.9 Å². The van der Waals surface area contributed by atoms with Crippen molar-refractivity contribution in [1.82, 2.24) is 4.98 Å². The molecule has 0 radical (unpaired) electrons. The zero-order valence-corrected chi connectivity index (χ0v) is 9.74. The number of hydrogen-bond donors (Lipinski definition) is 0. The van der Waals surface area contributed by atoms with Gasteiger partial charge in [0.1, 0.15) is 5.75 Å². The van der Waals surface area contributed by atoms with Crippen molar-refractivity contribution in [3.05, 3.63) is 36.0 Å². The minimum atomic E-state index is 0.873. The molecule has 1 heterocycles. The number of aromatic nitrogens is 1. The fourth-order valence-corrected chi connectivity index (χ4v) is 1.33. The standard InChI is InChI=1S/C11H11NO.C2H6/c1-8-3-4-9-7-10(13-2)5-6-11(9)12-8;1-2/h3-7H,1-2H3;1-2H3. The van der Waals surface area contributed by atoms with Crippen molar-refractivity contribution in [3.63, 3.8) is 0 Å². The van der Waals surface area contributed by atoms with Gasteiger partial charge in [-0.2, -0.15) is 0 Å². The maximum Gasteiger partial charge on any atom is 0.119 e.